The number of halogens is 1. The molecule has 0 saturated carbocycles. The lowest BCUT2D eigenvalue weighted by Crippen LogP contribution is -2.39. The maximum Gasteiger partial charge on any atom is 0.247 e. The molecule has 136 valence electrons. The van der Waals surface area contributed by atoms with Crippen LogP contribution in [-0.2, 0) is 21.2 Å². The van der Waals surface area contributed by atoms with Gasteiger partial charge in [-0.2, -0.15) is 0 Å². The molecule has 26 heavy (non-hydrogen) atoms. The topological polar surface area (TPSA) is 54.5 Å². The van der Waals surface area contributed by atoms with Crippen LogP contribution in [0.4, 0.5) is 0 Å². The highest BCUT2D eigenvalue weighted by atomic mass is 35.5. The van der Waals surface area contributed by atoms with Gasteiger partial charge in [-0.1, -0.05) is 54.1 Å². The second kappa shape index (κ2) is 8.06. The number of hydrogen-bond donors (Lipinski definition) is 0. The van der Waals surface area contributed by atoms with Gasteiger partial charge in [-0.3, -0.25) is 4.79 Å². The predicted octanol–water partition coefficient (Wildman–Crippen LogP) is 3.57. The van der Waals surface area contributed by atoms with E-state index >= 15 is 0 Å². The Balaban J connectivity index is 1.81. The lowest BCUT2D eigenvalue weighted by atomic mass is 10.1. The van der Waals surface area contributed by atoms with E-state index in [1.54, 1.807) is 23.1 Å². The van der Waals surface area contributed by atoms with Crippen molar-refractivity contribution in [3.05, 3.63) is 76.8 Å². The molecule has 2 aromatic carbocycles. The Morgan fingerprint density at radius 2 is 1.81 bits per heavy atom. The first kappa shape index (κ1) is 18.7. The minimum atomic E-state index is -3.08. The van der Waals surface area contributed by atoms with Gasteiger partial charge in [-0.25, -0.2) is 8.42 Å². The van der Waals surface area contributed by atoms with Crippen LogP contribution in [0.5, 0.6) is 0 Å². The number of sulfone groups is 1. The van der Waals surface area contributed by atoms with Crippen LogP contribution in [0.2, 0.25) is 5.02 Å². The highest BCUT2D eigenvalue weighted by Crippen LogP contribution is 2.21. The van der Waals surface area contributed by atoms with E-state index in [1.807, 2.05) is 42.5 Å². The van der Waals surface area contributed by atoms with Gasteiger partial charge in [0.25, 0.3) is 0 Å². The minimum Gasteiger partial charge on any atom is -0.331 e. The summed E-state index contributed by atoms with van der Waals surface area (Å²) in [7, 11) is -3.08. The zero-order valence-corrected chi connectivity index (χ0v) is 15.8. The van der Waals surface area contributed by atoms with Crippen molar-refractivity contribution >= 4 is 33.4 Å². The molecule has 4 nitrogen and oxygen atoms in total. The van der Waals surface area contributed by atoms with Crippen LogP contribution in [0.1, 0.15) is 17.5 Å². The van der Waals surface area contributed by atoms with Gasteiger partial charge in [0.2, 0.25) is 5.91 Å². The Morgan fingerprint density at radius 1 is 1.12 bits per heavy atom. The molecule has 0 N–H and O–H groups in total. The van der Waals surface area contributed by atoms with Crippen LogP contribution in [0.15, 0.2) is 60.7 Å². The summed E-state index contributed by atoms with van der Waals surface area (Å²) in [5, 5.41) is 0.624. The molecule has 1 atom stereocenters. The quantitative estimate of drug-likeness (QED) is 0.734. The van der Waals surface area contributed by atoms with Crippen molar-refractivity contribution in [3.63, 3.8) is 0 Å². The van der Waals surface area contributed by atoms with Gasteiger partial charge in [0, 0.05) is 23.7 Å². The van der Waals surface area contributed by atoms with Gasteiger partial charge in [0.15, 0.2) is 9.84 Å². The molecule has 0 aromatic heterocycles. The summed E-state index contributed by atoms with van der Waals surface area (Å²) in [5.74, 6) is -0.0402. The Hall–Kier alpha value is -2.11. The average Bonchev–Trinajstić information content (AvgIpc) is 2.99. The number of amides is 1. The number of carbonyl (C=O) groups is 1. The van der Waals surface area contributed by atoms with E-state index in [0.29, 0.717) is 18.0 Å². The number of carbonyl (C=O) groups excluding carboxylic acids is 1. The van der Waals surface area contributed by atoms with Crippen LogP contribution >= 0.6 is 11.6 Å². The van der Waals surface area contributed by atoms with E-state index in [-0.39, 0.29) is 23.5 Å². The first-order valence-corrected chi connectivity index (χ1v) is 10.6. The first-order chi connectivity index (χ1) is 12.4. The van der Waals surface area contributed by atoms with E-state index in [9.17, 15) is 13.2 Å². The lowest BCUT2D eigenvalue weighted by Gasteiger charge is -2.27. The van der Waals surface area contributed by atoms with E-state index in [2.05, 4.69) is 0 Å². The molecular weight excluding hydrogens is 370 g/mol. The number of hydrogen-bond acceptors (Lipinski definition) is 3. The summed E-state index contributed by atoms with van der Waals surface area (Å²) in [6.07, 6.45) is 3.73. The summed E-state index contributed by atoms with van der Waals surface area (Å²) >= 11 is 5.92. The van der Waals surface area contributed by atoms with Crippen molar-refractivity contribution in [2.75, 3.05) is 11.5 Å². The van der Waals surface area contributed by atoms with Crippen molar-refractivity contribution in [3.8, 4) is 0 Å². The molecule has 0 spiro atoms. The Morgan fingerprint density at radius 3 is 2.42 bits per heavy atom. The maximum atomic E-state index is 12.8. The molecule has 0 radical (unpaired) electrons. The van der Waals surface area contributed by atoms with Gasteiger partial charge in [-0.15, -0.1) is 0 Å². The molecule has 1 fully saturated rings. The molecule has 0 unspecified atom stereocenters. The lowest BCUT2D eigenvalue weighted by molar-refractivity contribution is -0.128. The maximum absolute atomic E-state index is 12.8. The van der Waals surface area contributed by atoms with Crippen LogP contribution in [0.3, 0.4) is 0 Å². The monoisotopic (exact) mass is 389 g/mol. The molecule has 1 saturated heterocycles. The van der Waals surface area contributed by atoms with Crippen molar-refractivity contribution in [1.82, 2.24) is 4.90 Å². The summed E-state index contributed by atoms with van der Waals surface area (Å²) in [5.41, 5.74) is 1.84. The molecular formula is C20H20ClNO3S. The second-order valence-electron chi connectivity index (χ2n) is 6.39. The van der Waals surface area contributed by atoms with E-state index in [0.717, 1.165) is 11.1 Å². The zero-order valence-electron chi connectivity index (χ0n) is 14.2. The van der Waals surface area contributed by atoms with Crippen molar-refractivity contribution < 1.29 is 13.2 Å². The molecule has 0 bridgehead atoms. The number of nitrogens with zero attached hydrogens (tertiary/aromatic N) is 1. The van der Waals surface area contributed by atoms with Crippen LogP contribution in [-0.4, -0.2) is 36.8 Å². The molecule has 1 heterocycles. The molecule has 3 rings (SSSR count). The fraction of sp³-hybridized carbons (Fsp3) is 0.250. The highest BCUT2D eigenvalue weighted by molar-refractivity contribution is 7.91. The van der Waals surface area contributed by atoms with Crippen LogP contribution in [0.25, 0.3) is 6.08 Å². The largest absolute Gasteiger partial charge is 0.331 e. The Kier molecular flexibility index (Phi) is 5.79. The zero-order chi connectivity index (χ0) is 18.6. The van der Waals surface area contributed by atoms with Crippen molar-refractivity contribution in [2.45, 2.75) is 19.0 Å². The Labute approximate surface area is 159 Å². The number of benzene rings is 2. The summed E-state index contributed by atoms with van der Waals surface area (Å²) in [6.45, 7) is 0.356. The smallest absolute Gasteiger partial charge is 0.247 e. The van der Waals surface area contributed by atoms with Crippen LogP contribution in [0, 0.1) is 0 Å². The third-order valence-corrected chi connectivity index (χ3v) is 6.42. The SMILES string of the molecule is O=C(/C=C/c1ccccc1)N(Cc1ccc(Cl)cc1)[C@H]1CCS(=O)(=O)C1. The molecule has 1 amide bonds. The van der Waals surface area contributed by atoms with Gasteiger partial charge < -0.3 is 4.90 Å². The first-order valence-electron chi connectivity index (χ1n) is 8.41. The van der Waals surface area contributed by atoms with Gasteiger partial charge in [0.1, 0.15) is 0 Å². The fourth-order valence-electron chi connectivity index (χ4n) is 3.02. The summed E-state index contributed by atoms with van der Waals surface area (Å²) in [4.78, 5) is 14.5. The summed E-state index contributed by atoms with van der Waals surface area (Å²) in [6, 6.07) is 16.5. The second-order valence-corrected chi connectivity index (χ2v) is 9.06. The third-order valence-electron chi connectivity index (χ3n) is 4.42. The number of rotatable bonds is 5. The van der Waals surface area contributed by atoms with Gasteiger partial charge >= 0.3 is 0 Å². The molecule has 1 aliphatic heterocycles. The van der Waals surface area contributed by atoms with E-state index in [1.165, 1.54) is 6.08 Å². The highest BCUT2D eigenvalue weighted by Gasteiger charge is 2.34. The molecule has 6 heteroatoms. The van der Waals surface area contributed by atoms with Crippen LogP contribution < -0.4 is 0 Å². The van der Waals surface area contributed by atoms with Crippen molar-refractivity contribution in [2.24, 2.45) is 0 Å². The third kappa shape index (κ3) is 4.96. The van der Waals surface area contributed by atoms with Gasteiger partial charge in [-0.05, 0) is 35.8 Å². The van der Waals surface area contributed by atoms with E-state index < -0.39 is 9.84 Å². The Bertz CT molecular complexity index is 892. The van der Waals surface area contributed by atoms with Crippen molar-refractivity contribution in [1.29, 1.82) is 0 Å². The normalized spacial score (nSPS) is 18.9. The van der Waals surface area contributed by atoms with E-state index in [4.69, 9.17) is 11.6 Å². The predicted molar refractivity (Wildman–Crippen MR) is 105 cm³/mol. The minimum absolute atomic E-state index is 0.0194. The summed E-state index contributed by atoms with van der Waals surface area (Å²) < 4.78 is 23.7. The van der Waals surface area contributed by atoms with Gasteiger partial charge in [0.05, 0.1) is 11.5 Å². The average molecular weight is 390 g/mol. The fourth-order valence-corrected chi connectivity index (χ4v) is 4.88. The molecule has 0 aliphatic carbocycles. The standard InChI is InChI=1S/C20H20ClNO3S/c21-18-9-6-17(7-10-18)14-22(19-12-13-26(24,25)15-19)20(23)11-8-16-4-2-1-3-5-16/h1-11,19H,12-15H2/b11-8+/t19-/m0/s1. The molecule has 1 aliphatic rings. The molecule has 2 aromatic rings.